The predicted molar refractivity (Wildman–Crippen MR) is 87.7 cm³/mol. The highest BCUT2D eigenvalue weighted by atomic mass is 32.2. The van der Waals surface area contributed by atoms with Crippen LogP contribution in [0.4, 0.5) is 0 Å². The van der Waals surface area contributed by atoms with Crippen LogP contribution < -0.4 is 10.0 Å². The third-order valence-corrected chi connectivity index (χ3v) is 7.69. The average Bonchev–Trinajstić information content (AvgIpc) is 2.83. The minimum absolute atomic E-state index is 0.0608. The maximum Gasteiger partial charge on any atom is 0.215 e. The van der Waals surface area contributed by atoms with Gasteiger partial charge in [-0.15, -0.1) is 0 Å². The van der Waals surface area contributed by atoms with Crippen LogP contribution in [0, 0.1) is 16.7 Å². The number of hydrogen-bond donors (Lipinski definition) is 2. The Bertz CT molecular complexity index is 482. The van der Waals surface area contributed by atoms with Crippen molar-refractivity contribution in [2.75, 3.05) is 6.54 Å². The van der Waals surface area contributed by atoms with E-state index in [0.29, 0.717) is 18.5 Å². The normalized spacial score (nSPS) is 36.3. The van der Waals surface area contributed by atoms with Crippen molar-refractivity contribution in [3.05, 3.63) is 0 Å². The quantitative estimate of drug-likeness (QED) is 0.791. The molecule has 0 saturated heterocycles. The summed E-state index contributed by atoms with van der Waals surface area (Å²) in [5.41, 5.74) is 0.192. The molecule has 0 aliphatic heterocycles. The first-order chi connectivity index (χ1) is 9.49. The first-order valence-electron chi connectivity index (χ1n) is 8.23. The summed E-state index contributed by atoms with van der Waals surface area (Å²) in [6.07, 6.45) is 3.55. The molecule has 4 nitrogen and oxygen atoms in total. The fourth-order valence-corrected chi connectivity index (χ4v) is 5.85. The van der Waals surface area contributed by atoms with Gasteiger partial charge in [-0.05, 0) is 42.9 Å². The zero-order valence-corrected chi connectivity index (χ0v) is 15.2. The molecule has 124 valence electrons. The molecule has 0 aromatic rings. The van der Waals surface area contributed by atoms with Crippen LogP contribution in [-0.2, 0) is 10.0 Å². The van der Waals surface area contributed by atoms with Gasteiger partial charge in [-0.2, -0.15) is 0 Å². The van der Waals surface area contributed by atoms with E-state index < -0.39 is 15.3 Å². The van der Waals surface area contributed by atoms with E-state index >= 15 is 0 Å². The Balaban J connectivity index is 2.09. The molecule has 2 rings (SSSR count). The molecule has 2 bridgehead atoms. The molecule has 21 heavy (non-hydrogen) atoms. The number of hydrogen-bond acceptors (Lipinski definition) is 3. The zero-order valence-electron chi connectivity index (χ0n) is 14.4. The van der Waals surface area contributed by atoms with Gasteiger partial charge < -0.3 is 5.32 Å². The van der Waals surface area contributed by atoms with Crippen LogP contribution in [0.1, 0.15) is 60.8 Å². The smallest absolute Gasteiger partial charge is 0.215 e. The molecule has 2 aliphatic rings. The second-order valence-electron chi connectivity index (χ2n) is 8.38. The third kappa shape index (κ3) is 3.15. The molecule has 0 heterocycles. The van der Waals surface area contributed by atoms with Gasteiger partial charge in [0, 0.05) is 18.6 Å². The second-order valence-corrected chi connectivity index (χ2v) is 10.5. The average molecular weight is 317 g/mol. The van der Waals surface area contributed by atoms with E-state index in [9.17, 15) is 8.42 Å². The molecule has 2 saturated carbocycles. The maximum atomic E-state index is 12.7. The summed E-state index contributed by atoms with van der Waals surface area (Å²) in [6, 6.07) is 0.370. The standard InChI is InChI=1S/C16H32N2O2S/c1-11(2)17-10-12(3)21(19,20)18-14-15(4,5)13-7-8-16(14,6)9-13/h11-14,17-18H,7-10H2,1-6H3. The van der Waals surface area contributed by atoms with E-state index in [-0.39, 0.29) is 16.9 Å². The number of fused-ring (bicyclic) bond motifs is 2. The highest BCUT2D eigenvalue weighted by molar-refractivity contribution is 7.90. The lowest BCUT2D eigenvalue weighted by atomic mass is 9.69. The summed E-state index contributed by atoms with van der Waals surface area (Å²) in [6.45, 7) is 13.1. The third-order valence-electron chi connectivity index (χ3n) is 5.90. The first kappa shape index (κ1) is 17.2. The second kappa shape index (κ2) is 5.50. The van der Waals surface area contributed by atoms with Crippen molar-refractivity contribution in [1.82, 2.24) is 10.0 Å². The number of sulfonamides is 1. The van der Waals surface area contributed by atoms with Crippen molar-refractivity contribution < 1.29 is 8.42 Å². The van der Waals surface area contributed by atoms with E-state index in [4.69, 9.17) is 0 Å². The Kier molecular flexibility index (Phi) is 4.51. The molecule has 4 unspecified atom stereocenters. The van der Waals surface area contributed by atoms with Gasteiger partial charge in [-0.3, -0.25) is 0 Å². The van der Waals surface area contributed by atoms with Gasteiger partial charge in [0.2, 0.25) is 10.0 Å². The SMILES string of the molecule is CC(C)NCC(C)S(=O)(=O)NC1C2(C)CCC(C2)C1(C)C. The van der Waals surface area contributed by atoms with Crippen molar-refractivity contribution >= 4 is 10.0 Å². The fourth-order valence-electron chi connectivity index (χ4n) is 4.39. The van der Waals surface area contributed by atoms with E-state index in [1.54, 1.807) is 6.92 Å². The lowest BCUT2D eigenvalue weighted by Gasteiger charge is -2.43. The van der Waals surface area contributed by atoms with Crippen LogP contribution in [-0.4, -0.2) is 32.3 Å². The molecule has 2 N–H and O–H groups in total. The summed E-state index contributed by atoms with van der Waals surface area (Å²) in [5, 5.41) is 2.82. The lowest BCUT2D eigenvalue weighted by molar-refractivity contribution is 0.127. The zero-order chi connectivity index (χ0) is 16.1. The van der Waals surface area contributed by atoms with Crippen molar-refractivity contribution in [3.8, 4) is 0 Å². The lowest BCUT2D eigenvalue weighted by Crippen LogP contribution is -2.55. The van der Waals surface area contributed by atoms with Crippen LogP contribution >= 0.6 is 0 Å². The van der Waals surface area contributed by atoms with Crippen molar-refractivity contribution in [2.45, 2.75) is 78.1 Å². The molecule has 0 amide bonds. The van der Waals surface area contributed by atoms with Crippen LogP contribution in [0.5, 0.6) is 0 Å². The Labute approximate surface area is 130 Å². The van der Waals surface area contributed by atoms with Crippen molar-refractivity contribution in [1.29, 1.82) is 0 Å². The molecule has 5 heteroatoms. The molecule has 0 aromatic carbocycles. The van der Waals surface area contributed by atoms with E-state index in [1.807, 2.05) is 13.8 Å². The summed E-state index contributed by atoms with van der Waals surface area (Å²) in [7, 11) is -3.28. The van der Waals surface area contributed by atoms with Crippen LogP contribution in [0.25, 0.3) is 0 Å². The van der Waals surface area contributed by atoms with Crippen molar-refractivity contribution in [3.63, 3.8) is 0 Å². The van der Waals surface area contributed by atoms with Crippen LogP contribution in [0.2, 0.25) is 0 Å². The Morgan fingerprint density at radius 1 is 1.19 bits per heavy atom. The molecule has 0 radical (unpaired) electrons. The molecule has 0 aromatic heterocycles. The minimum Gasteiger partial charge on any atom is -0.313 e. The van der Waals surface area contributed by atoms with Crippen molar-refractivity contribution in [2.24, 2.45) is 16.7 Å². The molecular formula is C16H32N2O2S. The first-order valence-corrected chi connectivity index (χ1v) is 9.78. The van der Waals surface area contributed by atoms with Gasteiger partial charge in [0.1, 0.15) is 0 Å². The summed E-state index contributed by atoms with van der Waals surface area (Å²) in [5.74, 6) is 0.652. The van der Waals surface area contributed by atoms with E-state index in [0.717, 1.165) is 12.8 Å². The molecule has 4 atom stereocenters. The summed E-state index contributed by atoms with van der Waals surface area (Å²) < 4.78 is 28.4. The van der Waals surface area contributed by atoms with E-state index in [1.165, 1.54) is 6.42 Å². The molecule has 2 aliphatic carbocycles. The molecule has 0 spiro atoms. The minimum atomic E-state index is -3.28. The topological polar surface area (TPSA) is 58.2 Å². The molecular weight excluding hydrogens is 284 g/mol. The number of rotatable bonds is 6. The van der Waals surface area contributed by atoms with Gasteiger partial charge in [-0.1, -0.05) is 34.6 Å². The van der Waals surface area contributed by atoms with Crippen LogP contribution in [0.3, 0.4) is 0 Å². The Morgan fingerprint density at radius 2 is 1.81 bits per heavy atom. The van der Waals surface area contributed by atoms with Gasteiger partial charge in [0.15, 0.2) is 0 Å². The summed E-state index contributed by atoms with van der Waals surface area (Å²) >= 11 is 0. The molecule has 2 fully saturated rings. The van der Waals surface area contributed by atoms with Gasteiger partial charge in [-0.25, -0.2) is 13.1 Å². The summed E-state index contributed by atoms with van der Waals surface area (Å²) in [4.78, 5) is 0. The monoisotopic (exact) mass is 316 g/mol. The fraction of sp³-hybridized carbons (Fsp3) is 1.00. The number of nitrogens with one attached hydrogen (secondary N) is 2. The van der Waals surface area contributed by atoms with Gasteiger partial charge in [0.05, 0.1) is 5.25 Å². The Morgan fingerprint density at radius 3 is 2.29 bits per heavy atom. The van der Waals surface area contributed by atoms with Gasteiger partial charge in [0.25, 0.3) is 0 Å². The van der Waals surface area contributed by atoms with Crippen LogP contribution in [0.15, 0.2) is 0 Å². The maximum absolute atomic E-state index is 12.7. The highest BCUT2D eigenvalue weighted by Crippen LogP contribution is 2.62. The predicted octanol–water partition coefficient (Wildman–Crippen LogP) is 2.51. The Hall–Kier alpha value is -0.130. The largest absolute Gasteiger partial charge is 0.313 e. The van der Waals surface area contributed by atoms with E-state index in [2.05, 4.69) is 30.8 Å². The highest BCUT2D eigenvalue weighted by Gasteiger charge is 2.60. The van der Waals surface area contributed by atoms with Gasteiger partial charge >= 0.3 is 0 Å².